The van der Waals surface area contributed by atoms with Crippen molar-refractivity contribution < 1.29 is 19.4 Å². The molecule has 30 heavy (non-hydrogen) atoms. The number of rotatable bonds is 10. The van der Waals surface area contributed by atoms with Gasteiger partial charge in [0.1, 0.15) is 25.1 Å². The van der Waals surface area contributed by atoms with E-state index in [0.29, 0.717) is 5.57 Å². The van der Waals surface area contributed by atoms with Crippen LogP contribution >= 0.6 is 0 Å². The Labute approximate surface area is 178 Å². The molecule has 0 spiro atoms. The van der Waals surface area contributed by atoms with Crippen molar-refractivity contribution in [1.29, 1.82) is 0 Å². The Kier molecular flexibility index (Phi) is 7.47. The Morgan fingerprint density at radius 2 is 1.80 bits per heavy atom. The third-order valence-electron chi connectivity index (χ3n) is 5.12. The minimum Gasteiger partial charge on any atom is -0.489 e. The molecular weight excluding hydrogens is 376 g/mol. The van der Waals surface area contributed by atoms with E-state index >= 15 is 0 Å². The van der Waals surface area contributed by atoms with Gasteiger partial charge in [0.25, 0.3) is 0 Å². The summed E-state index contributed by atoms with van der Waals surface area (Å²) in [4.78, 5) is 11.5. The van der Waals surface area contributed by atoms with E-state index < -0.39 is 12.1 Å². The number of hydrogen-bond donors (Lipinski definition) is 1. The Balaban J connectivity index is 1.86. The highest BCUT2D eigenvalue weighted by Crippen LogP contribution is 2.35. The van der Waals surface area contributed by atoms with E-state index in [1.807, 2.05) is 18.2 Å². The zero-order valence-corrected chi connectivity index (χ0v) is 17.8. The number of aliphatic hydroxyl groups is 1. The maximum atomic E-state index is 11.5. The van der Waals surface area contributed by atoms with E-state index in [4.69, 9.17) is 9.47 Å². The average Bonchev–Trinajstić information content (AvgIpc) is 2.75. The predicted octanol–water partition coefficient (Wildman–Crippen LogP) is 5.58. The molecule has 158 valence electrons. The third-order valence-corrected chi connectivity index (χ3v) is 5.12. The van der Waals surface area contributed by atoms with Crippen molar-refractivity contribution in [1.82, 2.24) is 0 Å². The van der Waals surface area contributed by atoms with E-state index in [1.165, 1.54) is 24.8 Å². The molecule has 3 rings (SSSR count). The lowest BCUT2D eigenvalue weighted by Gasteiger charge is -2.17. The minimum absolute atomic E-state index is 0.0344. The smallest absolute Gasteiger partial charge is 0.333 e. The van der Waals surface area contributed by atoms with E-state index in [0.717, 1.165) is 33.7 Å². The molecular formula is C26H30O4. The van der Waals surface area contributed by atoms with Crippen LogP contribution in [0, 0.1) is 0 Å². The number of benzene rings is 3. The SMILES string of the molecule is C=C(C)C(=O)OCC(O)COc1c2ccccc2cc2ccc(CCCCC)cc12. The zero-order chi connectivity index (χ0) is 21.5. The van der Waals surface area contributed by atoms with Crippen LogP contribution in [0.1, 0.15) is 38.7 Å². The normalized spacial score (nSPS) is 12.1. The lowest BCUT2D eigenvalue weighted by Crippen LogP contribution is -2.25. The van der Waals surface area contributed by atoms with Crippen LogP contribution in [0.2, 0.25) is 0 Å². The molecule has 0 bridgehead atoms. The standard InChI is InChI=1S/C26H30O4/c1-4-5-6-9-19-12-13-21-15-20-10-7-8-11-23(20)25(24(21)14-19)29-16-22(27)17-30-26(28)18(2)3/h7-8,10-15,22,27H,2,4-6,9,16-17H2,1,3H3. The van der Waals surface area contributed by atoms with Gasteiger partial charge in [-0.1, -0.05) is 62.7 Å². The molecule has 0 aliphatic heterocycles. The van der Waals surface area contributed by atoms with Crippen molar-refractivity contribution in [3.8, 4) is 5.75 Å². The van der Waals surface area contributed by atoms with E-state index in [1.54, 1.807) is 6.92 Å². The fourth-order valence-corrected chi connectivity index (χ4v) is 3.48. The molecule has 4 heteroatoms. The highest BCUT2D eigenvalue weighted by atomic mass is 16.5. The van der Waals surface area contributed by atoms with Crippen LogP contribution < -0.4 is 4.74 Å². The van der Waals surface area contributed by atoms with Gasteiger partial charge in [-0.3, -0.25) is 0 Å². The Morgan fingerprint density at radius 3 is 2.57 bits per heavy atom. The second-order valence-electron chi connectivity index (χ2n) is 7.78. The molecule has 3 aromatic carbocycles. The van der Waals surface area contributed by atoms with Crippen molar-refractivity contribution in [2.24, 2.45) is 0 Å². The number of aryl methyl sites for hydroxylation is 1. The van der Waals surface area contributed by atoms with Crippen LogP contribution in [0.4, 0.5) is 0 Å². The first kappa shape index (κ1) is 21.8. The average molecular weight is 407 g/mol. The monoisotopic (exact) mass is 406 g/mol. The summed E-state index contributed by atoms with van der Waals surface area (Å²) < 4.78 is 11.1. The molecule has 4 nitrogen and oxygen atoms in total. The van der Waals surface area contributed by atoms with Gasteiger partial charge in [-0.2, -0.15) is 0 Å². The molecule has 0 heterocycles. The number of hydrogen-bond acceptors (Lipinski definition) is 4. The van der Waals surface area contributed by atoms with Gasteiger partial charge in [-0.15, -0.1) is 0 Å². The number of unbranched alkanes of at least 4 members (excludes halogenated alkanes) is 2. The Bertz CT molecular complexity index is 1040. The van der Waals surface area contributed by atoms with Crippen LogP contribution in [0.15, 0.2) is 60.7 Å². The summed E-state index contributed by atoms with van der Waals surface area (Å²) in [5, 5.41) is 14.5. The molecule has 0 saturated carbocycles. The van der Waals surface area contributed by atoms with Gasteiger partial charge in [0.15, 0.2) is 0 Å². The topological polar surface area (TPSA) is 55.8 Å². The molecule has 0 aromatic heterocycles. The zero-order valence-electron chi connectivity index (χ0n) is 17.8. The molecule has 1 atom stereocenters. The summed E-state index contributed by atoms with van der Waals surface area (Å²) in [6.07, 6.45) is 3.69. The van der Waals surface area contributed by atoms with Crippen LogP contribution in [-0.4, -0.2) is 30.4 Å². The second-order valence-corrected chi connectivity index (χ2v) is 7.78. The van der Waals surface area contributed by atoms with E-state index in [-0.39, 0.29) is 13.2 Å². The molecule has 0 amide bonds. The van der Waals surface area contributed by atoms with Gasteiger partial charge < -0.3 is 14.6 Å². The number of aliphatic hydroxyl groups excluding tert-OH is 1. The lowest BCUT2D eigenvalue weighted by atomic mass is 9.98. The summed E-state index contributed by atoms with van der Waals surface area (Å²) in [5.41, 5.74) is 1.59. The van der Waals surface area contributed by atoms with Crippen LogP contribution in [0.5, 0.6) is 5.75 Å². The fraction of sp³-hybridized carbons (Fsp3) is 0.346. The quantitative estimate of drug-likeness (QED) is 0.207. The minimum atomic E-state index is -0.921. The van der Waals surface area contributed by atoms with Gasteiger partial charge >= 0.3 is 5.97 Å². The maximum absolute atomic E-state index is 11.5. The van der Waals surface area contributed by atoms with Gasteiger partial charge in [-0.05, 0) is 48.2 Å². The maximum Gasteiger partial charge on any atom is 0.333 e. The highest BCUT2D eigenvalue weighted by molar-refractivity contribution is 6.05. The first-order chi connectivity index (χ1) is 14.5. The van der Waals surface area contributed by atoms with E-state index in [9.17, 15) is 9.90 Å². The molecule has 0 radical (unpaired) electrons. The number of ether oxygens (including phenoxy) is 2. The van der Waals surface area contributed by atoms with Crippen LogP contribution in [0.3, 0.4) is 0 Å². The van der Waals surface area contributed by atoms with Gasteiger partial charge in [0.05, 0.1) is 0 Å². The van der Waals surface area contributed by atoms with Gasteiger partial charge in [-0.25, -0.2) is 4.79 Å². The summed E-state index contributed by atoms with van der Waals surface area (Å²) >= 11 is 0. The molecule has 1 unspecified atom stereocenters. The fourth-order valence-electron chi connectivity index (χ4n) is 3.48. The summed E-state index contributed by atoms with van der Waals surface area (Å²) in [5.74, 6) is 0.243. The number of fused-ring (bicyclic) bond motifs is 2. The number of esters is 1. The summed E-state index contributed by atoms with van der Waals surface area (Å²) in [6.45, 7) is 7.23. The first-order valence-corrected chi connectivity index (χ1v) is 10.6. The molecule has 3 aromatic rings. The predicted molar refractivity (Wildman–Crippen MR) is 122 cm³/mol. The Hall–Kier alpha value is -2.85. The summed E-state index contributed by atoms with van der Waals surface area (Å²) in [7, 11) is 0. The Morgan fingerprint density at radius 1 is 1.03 bits per heavy atom. The van der Waals surface area contributed by atoms with Crippen molar-refractivity contribution >= 4 is 27.5 Å². The van der Waals surface area contributed by atoms with Crippen molar-refractivity contribution in [2.45, 2.75) is 45.6 Å². The highest BCUT2D eigenvalue weighted by Gasteiger charge is 2.14. The molecule has 1 N–H and O–H groups in total. The molecule has 0 saturated heterocycles. The largest absolute Gasteiger partial charge is 0.489 e. The van der Waals surface area contributed by atoms with Crippen LogP contribution in [-0.2, 0) is 16.0 Å². The van der Waals surface area contributed by atoms with Crippen molar-refractivity contribution in [3.63, 3.8) is 0 Å². The van der Waals surface area contributed by atoms with E-state index in [2.05, 4.69) is 43.8 Å². The third kappa shape index (κ3) is 5.39. The molecule has 0 aliphatic carbocycles. The number of carbonyl (C=O) groups excluding carboxylic acids is 1. The van der Waals surface area contributed by atoms with Crippen molar-refractivity contribution in [2.75, 3.05) is 13.2 Å². The molecule has 0 aliphatic rings. The van der Waals surface area contributed by atoms with Gasteiger partial charge in [0.2, 0.25) is 0 Å². The first-order valence-electron chi connectivity index (χ1n) is 10.6. The lowest BCUT2D eigenvalue weighted by molar-refractivity contribution is -0.142. The number of carbonyl (C=O) groups is 1. The second kappa shape index (κ2) is 10.3. The van der Waals surface area contributed by atoms with Crippen molar-refractivity contribution in [3.05, 3.63) is 66.2 Å². The van der Waals surface area contributed by atoms with Gasteiger partial charge in [0, 0.05) is 16.3 Å². The molecule has 0 fully saturated rings. The van der Waals surface area contributed by atoms with Crippen LogP contribution in [0.25, 0.3) is 21.5 Å². The summed E-state index contributed by atoms with van der Waals surface area (Å²) in [6, 6.07) is 16.8.